The molecule has 0 aromatic heterocycles. The Kier molecular flexibility index (Phi) is 20.8. The maximum absolute atomic E-state index is 14.4. The number of benzene rings is 1. The van der Waals surface area contributed by atoms with Gasteiger partial charge in [0.05, 0.1) is 42.2 Å². The molecule has 0 aliphatic carbocycles. The average molecular weight is 922 g/mol. The second-order valence-electron chi connectivity index (χ2n) is 19.2. The van der Waals surface area contributed by atoms with E-state index in [0.717, 1.165) is 37.8 Å². The van der Waals surface area contributed by atoms with Gasteiger partial charge in [0.25, 0.3) is 11.8 Å². The lowest BCUT2D eigenvalue weighted by molar-refractivity contribution is -0.148. The molecule has 0 radical (unpaired) electrons. The van der Waals surface area contributed by atoms with E-state index in [-0.39, 0.29) is 66.0 Å². The highest BCUT2D eigenvalue weighted by molar-refractivity contribution is 6.12. The summed E-state index contributed by atoms with van der Waals surface area (Å²) in [4.78, 5) is 101. The van der Waals surface area contributed by atoms with Crippen LogP contribution in [0, 0.1) is 17.8 Å². The van der Waals surface area contributed by atoms with Crippen LogP contribution in [0.2, 0.25) is 0 Å². The number of hydrogen-bond acceptors (Lipinski definition) is 10. The molecule has 3 aliphatic heterocycles. The van der Waals surface area contributed by atoms with Crippen molar-refractivity contribution in [2.24, 2.45) is 17.8 Å². The molecule has 66 heavy (non-hydrogen) atoms. The summed E-state index contributed by atoms with van der Waals surface area (Å²) in [7, 11) is 6.76. The largest absolute Gasteiger partial charge is 0.379 e. The Hall–Kier alpha value is -4.67. The van der Waals surface area contributed by atoms with Gasteiger partial charge in [0.1, 0.15) is 12.1 Å². The number of ether oxygens (including phenoxy) is 2. The Bertz CT molecular complexity index is 1830. The predicted molar refractivity (Wildman–Crippen MR) is 253 cm³/mol. The maximum atomic E-state index is 14.4. The number of amides is 7. The highest BCUT2D eigenvalue weighted by atomic mass is 16.5. The lowest BCUT2D eigenvalue weighted by Crippen LogP contribution is -2.61. The smallest absolute Gasteiger partial charge is 0.253 e. The molecule has 1 aromatic carbocycles. The molecule has 0 bridgehead atoms. The van der Waals surface area contributed by atoms with Crippen LogP contribution in [0.5, 0.6) is 0 Å². The number of likely N-dealkylation sites (tertiary alicyclic amines) is 2. The first kappa shape index (κ1) is 53.9. The first-order chi connectivity index (χ1) is 31.4. The lowest BCUT2D eigenvalue weighted by Gasteiger charge is -2.41. The summed E-state index contributed by atoms with van der Waals surface area (Å²) in [5.74, 6) is -2.80. The topological polar surface area (TPSA) is 187 Å². The van der Waals surface area contributed by atoms with Gasteiger partial charge >= 0.3 is 0 Å². The number of nitrogens with zero attached hydrogens (tertiary/aromatic N) is 4. The average Bonchev–Trinajstić information content (AvgIpc) is 4.02. The molecular formula is C50H79N7O9. The Balaban J connectivity index is 1.40. The summed E-state index contributed by atoms with van der Waals surface area (Å²) in [6, 6.07) is 6.94. The Labute approximate surface area is 393 Å². The summed E-state index contributed by atoms with van der Waals surface area (Å²) in [5, 5.41) is 9.07. The van der Waals surface area contributed by atoms with Gasteiger partial charge in [-0.25, -0.2) is 0 Å². The van der Waals surface area contributed by atoms with Crippen LogP contribution in [-0.2, 0) is 49.5 Å². The van der Waals surface area contributed by atoms with Gasteiger partial charge in [-0.1, -0.05) is 84.2 Å². The quantitative estimate of drug-likeness (QED) is 0.0911. The molecule has 3 aliphatic rings. The van der Waals surface area contributed by atoms with E-state index in [1.807, 2.05) is 76.9 Å². The molecule has 2 saturated heterocycles. The number of unbranched alkanes of at least 4 members (excludes halogenated alkanes) is 3. The fourth-order valence-electron chi connectivity index (χ4n) is 9.82. The van der Waals surface area contributed by atoms with Crippen LogP contribution in [-0.4, -0.2) is 157 Å². The first-order valence-electron chi connectivity index (χ1n) is 24.2. The van der Waals surface area contributed by atoms with Gasteiger partial charge in [0, 0.05) is 59.5 Å². The minimum atomic E-state index is -0.865. The van der Waals surface area contributed by atoms with Crippen molar-refractivity contribution in [3.05, 3.63) is 48.0 Å². The van der Waals surface area contributed by atoms with Crippen LogP contribution >= 0.6 is 0 Å². The molecule has 0 saturated carbocycles. The van der Waals surface area contributed by atoms with E-state index in [2.05, 4.69) is 16.0 Å². The van der Waals surface area contributed by atoms with Crippen LogP contribution in [0.25, 0.3) is 0 Å². The molecule has 16 nitrogen and oxygen atoms in total. The van der Waals surface area contributed by atoms with Crippen LogP contribution in [0.4, 0.5) is 0 Å². The van der Waals surface area contributed by atoms with E-state index < -0.39 is 47.8 Å². The molecule has 3 heterocycles. The zero-order chi connectivity index (χ0) is 48.7. The summed E-state index contributed by atoms with van der Waals surface area (Å²) in [5.41, 5.74) is 0.184. The van der Waals surface area contributed by atoms with Gasteiger partial charge < -0.3 is 35.2 Å². The van der Waals surface area contributed by atoms with Gasteiger partial charge in [0.2, 0.25) is 29.5 Å². The molecule has 7 amide bonds. The molecule has 1 aromatic rings. The first-order valence-corrected chi connectivity index (χ1v) is 24.2. The number of nitrogens with one attached hydrogen (secondary N) is 3. The Morgan fingerprint density at radius 3 is 2.14 bits per heavy atom. The SMILES string of the molecule is CC[C@H](C)[C@@H]([C@@H](CC(=O)N1CCC[C@H]1[C@H](OC)[C@@H](C)C(=O)N[C@@H](Cc1ccccc1)C(=O)NCCCCCCN1C(=O)C=CC1=O)OC)N(C)C(=O)[C@@H](NC(=O)[C@@]1(C)CCCN1C)C(C)C. The lowest BCUT2D eigenvalue weighted by atomic mass is 9.89. The summed E-state index contributed by atoms with van der Waals surface area (Å²) >= 11 is 0. The standard InChI is InChI=1S/C50H79N7O9/c1-11-34(4)44(55(8)48(63)43(33(2)3)53-49(64)50(6)26-20-28-54(50)7)39(65-9)32-42(60)56-30-19-23-38(56)45(66-10)35(5)46(61)52-37(31-36-21-15-14-16-22-36)47(62)51-27-17-12-13-18-29-57-40(58)24-25-41(57)59/h14-16,21-22,24-25,33-35,37-39,43-45H,11-13,17-20,23,26-32H2,1-10H3,(H,51,62)(H,52,61)(H,53,64)/t34-,35+,37-,38-,39+,43-,44-,45+,50+/m0/s1. The summed E-state index contributed by atoms with van der Waals surface area (Å²) in [6.45, 7) is 13.6. The maximum Gasteiger partial charge on any atom is 0.253 e. The normalized spacial score (nSPS) is 21.9. The monoisotopic (exact) mass is 922 g/mol. The zero-order valence-electron chi connectivity index (χ0n) is 41.3. The number of methoxy groups -OCH3 is 2. The third-order valence-electron chi connectivity index (χ3n) is 14.4. The minimum Gasteiger partial charge on any atom is -0.379 e. The van der Waals surface area contributed by atoms with Crippen LogP contribution in [0.3, 0.4) is 0 Å². The van der Waals surface area contributed by atoms with Crippen molar-refractivity contribution in [1.29, 1.82) is 0 Å². The third-order valence-corrected chi connectivity index (χ3v) is 14.4. The van der Waals surface area contributed by atoms with E-state index in [1.54, 1.807) is 30.9 Å². The summed E-state index contributed by atoms with van der Waals surface area (Å²) < 4.78 is 12.1. The molecule has 3 N–H and O–H groups in total. The van der Waals surface area contributed by atoms with Crippen LogP contribution < -0.4 is 16.0 Å². The van der Waals surface area contributed by atoms with E-state index in [0.29, 0.717) is 51.7 Å². The van der Waals surface area contributed by atoms with Crippen molar-refractivity contribution < 1.29 is 43.0 Å². The van der Waals surface area contributed by atoms with E-state index >= 15 is 0 Å². The van der Waals surface area contributed by atoms with E-state index in [9.17, 15) is 33.6 Å². The van der Waals surface area contributed by atoms with Crippen molar-refractivity contribution in [2.45, 2.75) is 154 Å². The molecule has 16 heteroatoms. The second-order valence-corrected chi connectivity index (χ2v) is 19.2. The number of likely N-dealkylation sites (N-methyl/N-ethyl adjacent to an activating group) is 2. The van der Waals surface area contributed by atoms with Crippen molar-refractivity contribution in [3.8, 4) is 0 Å². The molecule has 4 rings (SSSR count). The van der Waals surface area contributed by atoms with Gasteiger partial charge in [0.15, 0.2) is 0 Å². The molecule has 368 valence electrons. The number of carbonyl (C=O) groups excluding carboxylic acids is 7. The van der Waals surface area contributed by atoms with Crippen molar-refractivity contribution >= 4 is 41.4 Å². The number of hydrogen-bond donors (Lipinski definition) is 3. The number of imide groups is 1. The number of rotatable bonds is 26. The van der Waals surface area contributed by atoms with Gasteiger partial charge in [-0.2, -0.15) is 0 Å². The van der Waals surface area contributed by atoms with Gasteiger partial charge in [-0.05, 0) is 76.4 Å². The van der Waals surface area contributed by atoms with Crippen molar-refractivity contribution in [3.63, 3.8) is 0 Å². The highest BCUT2D eigenvalue weighted by Gasteiger charge is 2.45. The van der Waals surface area contributed by atoms with E-state index in [4.69, 9.17) is 9.47 Å². The zero-order valence-corrected chi connectivity index (χ0v) is 41.3. The summed E-state index contributed by atoms with van der Waals surface area (Å²) in [6.07, 6.45) is 8.09. The fourth-order valence-corrected chi connectivity index (χ4v) is 9.82. The molecule has 9 atom stereocenters. The van der Waals surface area contributed by atoms with Gasteiger partial charge in [-0.3, -0.25) is 43.4 Å². The van der Waals surface area contributed by atoms with Crippen molar-refractivity contribution in [2.75, 3.05) is 54.5 Å². The molecule has 2 fully saturated rings. The Morgan fingerprint density at radius 1 is 0.879 bits per heavy atom. The highest BCUT2D eigenvalue weighted by Crippen LogP contribution is 2.31. The van der Waals surface area contributed by atoms with Crippen molar-refractivity contribution in [1.82, 2.24) is 35.6 Å². The van der Waals surface area contributed by atoms with Crippen LogP contribution in [0.1, 0.15) is 111 Å². The molecule has 0 spiro atoms. The predicted octanol–water partition coefficient (Wildman–Crippen LogP) is 3.86. The number of carbonyl (C=O) groups is 7. The fraction of sp³-hybridized carbons (Fsp3) is 0.700. The molecule has 0 unspecified atom stereocenters. The second kappa shape index (κ2) is 25.5. The minimum absolute atomic E-state index is 0.00714. The van der Waals surface area contributed by atoms with E-state index in [1.165, 1.54) is 24.2 Å². The van der Waals surface area contributed by atoms with Crippen LogP contribution in [0.15, 0.2) is 42.5 Å². The Morgan fingerprint density at radius 2 is 1.55 bits per heavy atom. The third kappa shape index (κ3) is 13.7. The molecular weight excluding hydrogens is 843 g/mol. The van der Waals surface area contributed by atoms with Gasteiger partial charge in [-0.15, -0.1) is 0 Å².